The van der Waals surface area contributed by atoms with E-state index in [0.717, 1.165) is 24.3 Å². The molecule has 2 rings (SSSR count). The van der Waals surface area contributed by atoms with Crippen LogP contribution in [-0.2, 0) is 9.84 Å². The molecule has 0 radical (unpaired) electrons. The van der Waals surface area contributed by atoms with Crippen LogP contribution in [0.3, 0.4) is 0 Å². The van der Waals surface area contributed by atoms with Crippen LogP contribution in [-0.4, -0.2) is 30.3 Å². The predicted octanol–water partition coefficient (Wildman–Crippen LogP) is 1.66. The molecule has 0 fully saturated rings. The fraction of sp³-hybridized carbons (Fsp3) is 0.0909. The summed E-state index contributed by atoms with van der Waals surface area (Å²) in [5.74, 6) is -3.65. The number of aromatic amines is 1. The largest absolute Gasteiger partial charge is 0.341 e. The number of anilines is 1. The van der Waals surface area contributed by atoms with Crippen LogP contribution in [0.1, 0.15) is 10.4 Å². The van der Waals surface area contributed by atoms with Crippen molar-refractivity contribution in [3.8, 4) is 0 Å². The van der Waals surface area contributed by atoms with Gasteiger partial charge in [-0.25, -0.2) is 8.42 Å². The van der Waals surface area contributed by atoms with E-state index in [4.69, 9.17) is 0 Å². The summed E-state index contributed by atoms with van der Waals surface area (Å²) >= 11 is 0. The standard InChI is InChI=1S/C11H9F2N3O3S/c12-11(13)20(18,19)8-3-1-7(2-4-8)10(17)15-9-5-6-14-16-9/h1-6,11H,(H2,14,15,16,17). The number of carbonyl (C=O) groups is 1. The number of H-pyrrole nitrogens is 1. The Morgan fingerprint density at radius 1 is 1.20 bits per heavy atom. The summed E-state index contributed by atoms with van der Waals surface area (Å²) in [6.45, 7) is 0. The van der Waals surface area contributed by atoms with E-state index in [-0.39, 0.29) is 5.56 Å². The molecule has 2 aromatic rings. The molecule has 1 aromatic heterocycles. The summed E-state index contributed by atoms with van der Waals surface area (Å²) in [6, 6.07) is 5.75. The van der Waals surface area contributed by atoms with Crippen molar-refractivity contribution in [2.24, 2.45) is 0 Å². The van der Waals surface area contributed by atoms with E-state index in [9.17, 15) is 22.0 Å². The normalized spacial score (nSPS) is 11.6. The molecular formula is C11H9F2N3O3S. The molecule has 0 atom stereocenters. The number of sulfone groups is 1. The molecule has 0 aliphatic carbocycles. The SMILES string of the molecule is O=C(Nc1ccn[nH]1)c1ccc(S(=O)(=O)C(F)F)cc1. The summed E-state index contributed by atoms with van der Waals surface area (Å²) in [7, 11) is -4.65. The maximum Gasteiger partial charge on any atom is 0.341 e. The first-order valence-electron chi connectivity index (χ1n) is 5.34. The van der Waals surface area contributed by atoms with Crippen molar-refractivity contribution in [1.82, 2.24) is 10.2 Å². The van der Waals surface area contributed by atoms with Crippen molar-refractivity contribution < 1.29 is 22.0 Å². The van der Waals surface area contributed by atoms with Crippen LogP contribution in [0.4, 0.5) is 14.6 Å². The average molecular weight is 301 g/mol. The van der Waals surface area contributed by atoms with Gasteiger partial charge in [0, 0.05) is 11.6 Å². The number of amides is 1. The van der Waals surface area contributed by atoms with Gasteiger partial charge in [-0.05, 0) is 24.3 Å². The quantitative estimate of drug-likeness (QED) is 0.898. The van der Waals surface area contributed by atoms with Gasteiger partial charge in [0.15, 0.2) is 0 Å². The molecule has 0 unspecified atom stereocenters. The topological polar surface area (TPSA) is 91.9 Å². The highest BCUT2D eigenvalue weighted by atomic mass is 32.2. The number of carbonyl (C=O) groups excluding carboxylic acids is 1. The zero-order valence-electron chi connectivity index (χ0n) is 9.88. The second-order valence-corrected chi connectivity index (χ2v) is 5.67. The van der Waals surface area contributed by atoms with Gasteiger partial charge in [0.1, 0.15) is 5.82 Å². The monoisotopic (exact) mass is 301 g/mol. The first-order valence-corrected chi connectivity index (χ1v) is 6.89. The highest BCUT2D eigenvalue weighted by Crippen LogP contribution is 2.18. The van der Waals surface area contributed by atoms with Crippen molar-refractivity contribution in [2.75, 3.05) is 5.32 Å². The molecule has 0 bridgehead atoms. The molecule has 0 spiro atoms. The summed E-state index contributed by atoms with van der Waals surface area (Å²) in [4.78, 5) is 11.2. The number of hydrogen-bond acceptors (Lipinski definition) is 4. The van der Waals surface area contributed by atoms with E-state index in [1.807, 2.05) is 0 Å². The number of hydrogen-bond donors (Lipinski definition) is 2. The van der Waals surface area contributed by atoms with Gasteiger partial charge in [-0.3, -0.25) is 9.89 Å². The van der Waals surface area contributed by atoms with E-state index >= 15 is 0 Å². The Morgan fingerprint density at radius 2 is 1.85 bits per heavy atom. The van der Waals surface area contributed by atoms with Crippen molar-refractivity contribution >= 4 is 21.6 Å². The second-order valence-electron chi connectivity index (χ2n) is 3.75. The number of nitrogens with zero attached hydrogens (tertiary/aromatic N) is 1. The molecule has 106 valence electrons. The first kappa shape index (κ1) is 14.1. The van der Waals surface area contributed by atoms with Gasteiger partial charge >= 0.3 is 5.76 Å². The van der Waals surface area contributed by atoms with E-state index in [1.165, 1.54) is 12.3 Å². The van der Waals surface area contributed by atoms with Crippen molar-refractivity contribution in [3.05, 3.63) is 42.1 Å². The number of halogens is 2. The minimum absolute atomic E-state index is 0.132. The second kappa shape index (κ2) is 5.37. The van der Waals surface area contributed by atoms with Gasteiger partial charge in [-0.1, -0.05) is 0 Å². The molecule has 1 amide bonds. The van der Waals surface area contributed by atoms with Crippen LogP contribution in [0, 0.1) is 0 Å². The number of benzene rings is 1. The Hall–Kier alpha value is -2.29. The molecule has 0 saturated heterocycles. The number of alkyl halides is 2. The van der Waals surface area contributed by atoms with Crippen LogP contribution < -0.4 is 5.32 Å². The molecule has 0 aliphatic rings. The van der Waals surface area contributed by atoms with Gasteiger partial charge in [0.05, 0.1) is 11.1 Å². The van der Waals surface area contributed by atoms with Crippen molar-refractivity contribution in [3.63, 3.8) is 0 Å². The third-order valence-electron chi connectivity index (χ3n) is 2.43. The zero-order valence-corrected chi connectivity index (χ0v) is 10.7. The van der Waals surface area contributed by atoms with Gasteiger partial charge < -0.3 is 5.32 Å². The van der Waals surface area contributed by atoms with Crippen LogP contribution in [0.2, 0.25) is 0 Å². The lowest BCUT2D eigenvalue weighted by Gasteiger charge is -2.05. The smallest absolute Gasteiger partial charge is 0.307 e. The molecule has 1 heterocycles. The fourth-order valence-electron chi connectivity index (χ4n) is 1.42. The maximum absolute atomic E-state index is 12.3. The summed E-state index contributed by atoms with van der Waals surface area (Å²) in [6.07, 6.45) is 1.44. The Kier molecular flexibility index (Phi) is 3.79. The maximum atomic E-state index is 12.3. The van der Waals surface area contributed by atoms with Crippen LogP contribution >= 0.6 is 0 Å². The van der Waals surface area contributed by atoms with E-state index in [1.54, 1.807) is 0 Å². The predicted molar refractivity (Wildman–Crippen MR) is 66.2 cm³/mol. The number of nitrogens with one attached hydrogen (secondary N) is 2. The van der Waals surface area contributed by atoms with E-state index < -0.39 is 26.4 Å². The highest BCUT2D eigenvalue weighted by Gasteiger charge is 2.26. The van der Waals surface area contributed by atoms with Gasteiger partial charge in [0.2, 0.25) is 9.84 Å². The molecule has 0 saturated carbocycles. The Bertz CT molecular complexity index is 697. The Labute approximate surface area is 112 Å². The molecule has 9 heteroatoms. The van der Waals surface area contributed by atoms with Gasteiger partial charge in [-0.2, -0.15) is 13.9 Å². The third kappa shape index (κ3) is 2.82. The van der Waals surface area contributed by atoms with Crippen LogP contribution in [0.25, 0.3) is 0 Å². The van der Waals surface area contributed by atoms with Crippen LogP contribution in [0.15, 0.2) is 41.4 Å². The summed E-state index contributed by atoms with van der Waals surface area (Å²) in [5.41, 5.74) is 0.132. The molecular weight excluding hydrogens is 292 g/mol. The van der Waals surface area contributed by atoms with Crippen molar-refractivity contribution in [2.45, 2.75) is 10.7 Å². The van der Waals surface area contributed by atoms with Gasteiger partial charge in [-0.15, -0.1) is 0 Å². The number of aromatic nitrogens is 2. The third-order valence-corrected chi connectivity index (χ3v) is 3.83. The molecule has 1 aromatic carbocycles. The lowest BCUT2D eigenvalue weighted by Crippen LogP contribution is -2.14. The van der Waals surface area contributed by atoms with Crippen molar-refractivity contribution in [1.29, 1.82) is 0 Å². The molecule has 6 nitrogen and oxygen atoms in total. The van der Waals surface area contributed by atoms with E-state index in [2.05, 4.69) is 15.5 Å². The fourth-order valence-corrected chi connectivity index (χ4v) is 2.14. The zero-order chi connectivity index (χ0) is 14.8. The Balaban J connectivity index is 2.18. The highest BCUT2D eigenvalue weighted by molar-refractivity contribution is 7.91. The molecule has 20 heavy (non-hydrogen) atoms. The Morgan fingerprint density at radius 3 is 2.35 bits per heavy atom. The molecule has 2 N–H and O–H groups in total. The summed E-state index contributed by atoms with van der Waals surface area (Å²) in [5, 5.41) is 8.61. The summed E-state index contributed by atoms with van der Waals surface area (Å²) < 4.78 is 47.1. The minimum atomic E-state index is -4.65. The number of rotatable bonds is 4. The molecule has 0 aliphatic heterocycles. The van der Waals surface area contributed by atoms with Crippen LogP contribution in [0.5, 0.6) is 0 Å². The van der Waals surface area contributed by atoms with Gasteiger partial charge in [0.25, 0.3) is 5.91 Å². The average Bonchev–Trinajstić information content (AvgIpc) is 2.91. The van der Waals surface area contributed by atoms with E-state index in [0.29, 0.717) is 5.82 Å². The lowest BCUT2D eigenvalue weighted by atomic mass is 10.2. The first-order chi connectivity index (χ1) is 9.41. The lowest BCUT2D eigenvalue weighted by molar-refractivity contribution is 0.102. The minimum Gasteiger partial charge on any atom is -0.307 e.